The van der Waals surface area contributed by atoms with Crippen molar-refractivity contribution in [1.82, 2.24) is 9.78 Å². The van der Waals surface area contributed by atoms with Gasteiger partial charge in [-0.15, -0.1) is 0 Å². The number of anilines is 1. The number of unbranched alkanes of at least 4 members (excludes halogenated alkanes) is 1. The lowest BCUT2D eigenvalue weighted by Gasteiger charge is -2.29. The first kappa shape index (κ1) is 13.9. The summed E-state index contributed by atoms with van der Waals surface area (Å²) in [5, 5.41) is 4.08. The van der Waals surface area contributed by atoms with Crippen LogP contribution in [0.15, 0.2) is 11.0 Å². The molecule has 6 nitrogen and oxygen atoms in total. The minimum atomic E-state index is -0.180. The minimum absolute atomic E-state index is 0.180. The predicted molar refractivity (Wildman–Crippen MR) is 72.9 cm³/mol. The number of hydrogen-bond donors (Lipinski definition) is 0. The highest BCUT2D eigenvalue weighted by Crippen LogP contribution is 2.24. The van der Waals surface area contributed by atoms with Crippen molar-refractivity contribution < 1.29 is 9.47 Å². The zero-order valence-corrected chi connectivity index (χ0v) is 11.6. The highest BCUT2D eigenvalue weighted by Gasteiger charge is 2.19. The highest BCUT2D eigenvalue weighted by molar-refractivity contribution is 5.56. The van der Waals surface area contributed by atoms with E-state index in [4.69, 9.17) is 9.47 Å². The van der Waals surface area contributed by atoms with Gasteiger partial charge in [0.15, 0.2) is 0 Å². The molecule has 0 atom stereocenters. The molecule has 19 heavy (non-hydrogen) atoms. The number of nitrogens with zero attached hydrogens (tertiary/aromatic N) is 3. The lowest BCUT2D eigenvalue weighted by Crippen LogP contribution is -2.38. The van der Waals surface area contributed by atoms with Gasteiger partial charge in [0.25, 0.3) is 0 Å². The Bertz CT molecular complexity index is 467. The van der Waals surface area contributed by atoms with Gasteiger partial charge >= 0.3 is 5.56 Å². The summed E-state index contributed by atoms with van der Waals surface area (Å²) in [6.07, 6.45) is 3.68. The minimum Gasteiger partial charge on any atom is -0.486 e. The molecule has 0 aliphatic carbocycles. The fourth-order valence-corrected chi connectivity index (χ4v) is 1.99. The van der Waals surface area contributed by atoms with E-state index in [2.05, 4.69) is 16.9 Å². The van der Waals surface area contributed by atoms with Crippen molar-refractivity contribution in [1.29, 1.82) is 0 Å². The second-order valence-electron chi connectivity index (χ2n) is 4.59. The number of hydrogen-bond acceptors (Lipinski definition) is 5. The molecule has 2 heterocycles. The van der Waals surface area contributed by atoms with Gasteiger partial charge in [0, 0.05) is 20.1 Å². The number of aryl methyl sites for hydroxylation is 1. The molecular weight excluding hydrogens is 246 g/mol. The average Bonchev–Trinajstić information content (AvgIpc) is 2.45. The molecule has 0 radical (unpaired) electrons. The summed E-state index contributed by atoms with van der Waals surface area (Å²) in [7, 11) is 1.64. The second kappa shape index (κ2) is 6.56. The molecule has 0 spiro atoms. The number of ether oxygens (including phenoxy) is 2. The van der Waals surface area contributed by atoms with Gasteiger partial charge in [-0.2, -0.15) is 5.10 Å². The van der Waals surface area contributed by atoms with E-state index in [1.54, 1.807) is 13.2 Å². The Hall–Kier alpha value is -1.56. The van der Waals surface area contributed by atoms with Gasteiger partial charge in [-0.05, 0) is 6.42 Å². The van der Waals surface area contributed by atoms with E-state index in [-0.39, 0.29) is 5.56 Å². The topological polar surface area (TPSA) is 56.6 Å². The first-order chi connectivity index (χ1) is 9.24. The SMILES string of the molecule is CCCCOc1c(N2CCOCC2)cnn(C)c1=O. The van der Waals surface area contributed by atoms with Crippen LogP contribution in [0.25, 0.3) is 0 Å². The maximum Gasteiger partial charge on any atom is 0.310 e. The lowest BCUT2D eigenvalue weighted by atomic mass is 10.3. The van der Waals surface area contributed by atoms with E-state index in [1.165, 1.54) is 4.68 Å². The Balaban J connectivity index is 2.25. The Morgan fingerprint density at radius 3 is 2.84 bits per heavy atom. The molecule has 0 aromatic carbocycles. The van der Waals surface area contributed by atoms with Crippen LogP contribution in [0.2, 0.25) is 0 Å². The quantitative estimate of drug-likeness (QED) is 0.738. The van der Waals surface area contributed by atoms with E-state index < -0.39 is 0 Å². The summed E-state index contributed by atoms with van der Waals surface area (Å²) in [4.78, 5) is 14.2. The van der Waals surface area contributed by atoms with Gasteiger partial charge in [-0.25, -0.2) is 4.68 Å². The monoisotopic (exact) mass is 267 g/mol. The average molecular weight is 267 g/mol. The maximum absolute atomic E-state index is 12.1. The molecule has 0 N–H and O–H groups in total. The summed E-state index contributed by atoms with van der Waals surface area (Å²) in [6.45, 7) is 5.52. The molecule has 1 aromatic rings. The summed E-state index contributed by atoms with van der Waals surface area (Å²) in [5.74, 6) is 0.410. The fraction of sp³-hybridized carbons (Fsp3) is 0.692. The molecule has 1 fully saturated rings. The summed E-state index contributed by atoms with van der Waals surface area (Å²) < 4.78 is 12.3. The van der Waals surface area contributed by atoms with Gasteiger partial charge in [0.2, 0.25) is 5.75 Å². The summed E-state index contributed by atoms with van der Waals surface area (Å²) in [6, 6.07) is 0. The third kappa shape index (κ3) is 3.26. The smallest absolute Gasteiger partial charge is 0.310 e. The standard InChI is InChI=1S/C13H21N3O3/c1-3-4-7-19-12-11(10-14-15(2)13(12)17)16-5-8-18-9-6-16/h10H,3-9H2,1-2H3. The van der Waals surface area contributed by atoms with Crippen LogP contribution in [0.3, 0.4) is 0 Å². The van der Waals surface area contributed by atoms with Crippen LogP contribution in [-0.2, 0) is 11.8 Å². The molecule has 0 unspecified atom stereocenters. The molecule has 1 aromatic heterocycles. The molecule has 1 aliphatic heterocycles. The third-order valence-corrected chi connectivity index (χ3v) is 3.17. The van der Waals surface area contributed by atoms with Gasteiger partial charge in [0.05, 0.1) is 26.0 Å². The van der Waals surface area contributed by atoms with Crippen molar-refractivity contribution >= 4 is 5.69 Å². The van der Waals surface area contributed by atoms with Crippen LogP contribution in [0.5, 0.6) is 5.75 Å². The van der Waals surface area contributed by atoms with Crippen LogP contribution in [0.1, 0.15) is 19.8 Å². The van der Waals surface area contributed by atoms with Crippen LogP contribution < -0.4 is 15.2 Å². The fourth-order valence-electron chi connectivity index (χ4n) is 1.99. The van der Waals surface area contributed by atoms with Crippen molar-refractivity contribution in [2.24, 2.45) is 7.05 Å². The molecule has 0 amide bonds. The maximum atomic E-state index is 12.1. The first-order valence-electron chi connectivity index (χ1n) is 6.76. The highest BCUT2D eigenvalue weighted by atomic mass is 16.5. The molecular formula is C13H21N3O3. The zero-order valence-electron chi connectivity index (χ0n) is 11.6. The molecule has 1 aliphatic rings. The van der Waals surface area contributed by atoms with Gasteiger partial charge in [-0.3, -0.25) is 4.79 Å². The van der Waals surface area contributed by atoms with Crippen LogP contribution in [0.4, 0.5) is 5.69 Å². The lowest BCUT2D eigenvalue weighted by molar-refractivity contribution is 0.122. The number of rotatable bonds is 5. The van der Waals surface area contributed by atoms with E-state index in [9.17, 15) is 4.79 Å². The Morgan fingerprint density at radius 2 is 2.16 bits per heavy atom. The first-order valence-corrected chi connectivity index (χ1v) is 6.76. The van der Waals surface area contributed by atoms with E-state index >= 15 is 0 Å². The van der Waals surface area contributed by atoms with Crippen LogP contribution in [0, 0.1) is 0 Å². The van der Waals surface area contributed by atoms with E-state index in [0.717, 1.165) is 31.6 Å². The van der Waals surface area contributed by atoms with Gasteiger partial charge in [0.1, 0.15) is 5.69 Å². The molecule has 0 bridgehead atoms. The van der Waals surface area contributed by atoms with Crippen LogP contribution in [-0.4, -0.2) is 42.7 Å². The Labute approximate surface area is 112 Å². The van der Waals surface area contributed by atoms with Crippen molar-refractivity contribution in [2.75, 3.05) is 37.8 Å². The third-order valence-electron chi connectivity index (χ3n) is 3.17. The number of aromatic nitrogens is 2. The van der Waals surface area contributed by atoms with Gasteiger partial charge in [-0.1, -0.05) is 13.3 Å². The van der Waals surface area contributed by atoms with E-state index in [0.29, 0.717) is 25.6 Å². The van der Waals surface area contributed by atoms with Crippen LogP contribution >= 0.6 is 0 Å². The summed E-state index contributed by atoms with van der Waals surface area (Å²) >= 11 is 0. The second-order valence-corrected chi connectivity index (χ2v) is 4.59. The zero-order chi connectivity index (χ0) is 13.7. The predicted octanol–water partition coefficient (Wildman–Crippen LogP) is 0.796. The molecule has 6 heteroatoms. The van der Waals surface area contributed by atoms with Crippen molar-refractivity contribution in [3.63, 3.8) is 0 Å². The molecule has 0 saturated carbocycles. The van der Waals surface area contributed by atoms with Crippen molar-refractivity contribution in [3.05, 3.63) is 16.6 Å². The van der Waals surface area contributed by atoms with Crippen molar-refractivity contribution in [2.45, 2.75) is 19.8 Å². The van der Waals surface area contributed by atoms with E-state index in [1.807, 2.05) is 0 Å². The summed E-state index contributed by atoms with van der Waals surface area (Å²) in [5.41, 5.74) is 0.600. The molecule has 1 saturated heterocycles. The Kier molecular flexibility index (Phi) is 4.79. The largest absolute Gasteiger partial charge is 0.486 e. The molecule has 2 rings (SSSR count). The van der Waals surface area contributed by atoms with Gasteiger partial charge < -0.3 is 14.4 Å². The number of morpholine rings is 1. The molecule has 106 valence electrons. The Morgan fingerprint density at radius 1 is 1.42 bits per heavy atom. The van der Waals surface area contributed by atoms with Crippen molar-refractivity contribution in [3.8, 4) is 5.75 Å². The normalized spacial score (nSPS) is 15.6.